The number of nitrogens with zero attached hydrogens (tertiary/aromatic N) is 1. The third-order valence-electron chi connectivity index (χ3n) is 2.67. The molecule has 0 spiro atoms. The van der Waals surface area contributed by atoms with Gasteiger partial charge in [0.2, 0.25) is 11.0 Å². The lowest BCUT2D eigenvalue weighted by Crippen LogP contribution is -3.00. The Morgan fingerprint density at radius 3 is 2.71 bits per heavy atom. The molecule has 4 heteroatoms. The van der Waals surface area contributed by atoms with Crippen LogP contribution >= 0.6 is 0 Å². The molecule has 0 bridgehead atoms. The van der Waals surface area contributed by atoms with E-state index in [0.29, 0.717) is 5.39 Å². The topological polar surface area (TPSA) is 24.3 Å². The molecule has 0 fully saturated rings. The van der Waals surface area contributed by atoms with E-state index in [1.54, 1.807) is 12.1 Å². The molecule has 0 unspecified atom stereocenters. The van der Waals surface area contributed by atoms with Crippen LogP contribution in [0.4, 0.5) is 4.39 Å². The van der Waals surface area contributed by atoms with Crippen LogP contribution in [0.3, 0.4) is 0 Å². The minimum Gasteiger partial charge on any atom is -1.00 e. The van der Waals surface area contributed by atoms with E-state index in [0.717, 1.165) is 11.0 Å². The molecule has 0 saturated carbocycles. The van der Waals surface area contributed by atoms with E-state index in [-0.39, 0.29) is 24.0 Å². The SMILES string of the molecule is Oc1cc2cccc[n+]2c2ccc(F)cc12.[Cl-]. The molecule has 0 aliphatic rings. The van der Waals surface area contributed by atoms with Gasteiger partial charge in [0.05, 0.1) is 11.5 Å². The summed E-state index contributed by atoms with van der Waals surface area (Å²) < 4.78 is 15.0. The number of halogens is 2. The quantitative estimate of drug-likeness (QED) is 0.419. The number of hydrogen-bond donors (Lipinski definition) is 1. The molecule has 0 amide bonds. The lowest BCUT2D eigenvalue weighted by molar-refractivity contribution is -0.481. The van der Waals surface area contributed by atoms with Crippen molar-refractivity contribution in [2.75, 3.05) is 0 Å². The van der Waals surface area contributed by atoms with Gasteiger partial charge in [0.25, 0.3) is 0 Å². The Kier molecular flexibility index (Phi) is 2.86. The van der Waals surface area contributed by atoms with Crippen molar-refractivity contribution in [1.29, 1.82) is 0 Å². The summed E-state index contributed by atoms with van der Waals surface area (Å²) in [5, 5.41) is 10.3. The predicted octanol–water partition coefficient (Wildman–Crippen LogP) is -0.573. The zero-order valence-corrected chi connectivity index (χ0v) is 9.53. The van der Waals surface area contributed by atoms with Gasteiger partial charge in [-0.15, -0.1) is 0 Å². The number of aromatic hydroxyl groups is 1. The Morgan fingerprint density at radius 2 is 1.88 bits per heavy atom. The van der Waals surface area contributed by atoms with Gasteiger partial charge in [-0.2, -0.15) is 4.40 Å². The lowest BCUT2D eigenvalue weighted by atomic mass is 10.1. The monoisotopic (exact) mass is 249 g/mol. The normalized spacial score (nSPS) is 10.4. The Balaban J connectivity index is 0.00000108. The molecule has 0 aliphatic carbocycles. The Hall–Kier alpha value is -1.87. The second kappa shape index (κ2) is 4.18. The molecular weight excluding hydrogens is 241 g/mol. The van der Waals surface area contributed by atoms with Gasteiger partial charge in [0.15, 0.2) is 6.20 Å². The lowest BCUT2D eigenvalue weighted by Gasteiger charge is -2.00. The minimum absolute atomic E-state index is 0. The maximum absolute atomic E-state index is 13.1. The average molecular weight is 250 g/mol. The first-order valence-electron chi connectivity index (χ1n) is 4.97. The molecule has 0 saturated heterocycles. The van der Waals surface area contributed by atoms with Crippen molar-refractivity contribution in [3.05, 3.63) is 54.5 Å². The number of hydrogen-bond acceptors (Lipinski definition) is 1. The van der Waals surface area contributed by atoms with Crippen LogP contribution in [0.2, 0.25) is 0 Å². The van der Waals surface area contributed by atoms with Crippen LogP contribution in [0.5, 0.6) is 5.75 Å². The predicted molar refractivity (Wildman–Crippen MR) is 58.7 cm³/mol. The van der Waals surface area contributed by atoms with Crippen molar-refractivity contribution >= 4 is 16.4 Å². The van der Waals surface area contributed by atoms with Gasteiger partial charge in [-0.1, -0.05) is 0 Å². The number of benzene rings is 1. The van der Waals surface area contributed by atoms with Gasteiger partial charge >= 0.3 is 0 Å². The number of aromatic nitrogens is 1. The summed E-state index contributed by atoms with van der Waals surface area (Å²) in [5.41, 5.74) is 1.66. The van der Waals surface area contributed by atoms with Gasteiger partial charge in [-0.3, -0.25) is 0 Å². The smallest absolute Gasteiger partial charge is 0.222 e. The third kappa shape index (κ3) is 1.78. The van der Waals surface area contributed by atoms with E-state index in [2.05, 4.69) is 0 Å². The van der Waals surface area contributed by atoms with Crippen molar-refractivity contribution in [2.45, 2.75) is 0 Å². The molecule has 2 heterocycles. The second-order valence-corrected chi connectivity index (χ2v) is 3.69. The van der Waals surface area contributed by atoms with E-state index < -0.39 is 0 Å². The van der Waals surface area contributed by atoms with Gasteiger partial charge in [0.1, 0.15) is 11.6 Å². The average Bonchev–Trinajstić information content (AvgIpc) is 2.29. The molecule has 2 nitrogen and oxygen atoms in total. The van der Waals surface area contributed by atoms with E-state index in [1.807, 2.05) is 28.8 Å². The van der Waals surface area contributed by atoms with Crippen LogP contribution in [0.1, 0.15) is 0 Å². The summed E-state index contributed by atoms with van der Waals surface area (Å²) in [5.74, 6) is -0.251. The molecule has 0 aliphatic heterocycles. The first-order chi connectivity index (χ1) is 7.75. The highest BCUT2D eigenvalue weighted by Gasteiger charge is 2.12. The highest BCUT2D eigenvalue weighted by molar-refractivity contribution is 5.84. The second-order valence-electron chi connectivity index (χ2n) is 3.69. The summed E-state index contributed by atoms with van der Waals surface area (Å²) in [6.45, 7) is 0. The largest absolute Gasteiger partial charge is 1.00 e. The summed E-state index contributed by atoms with van der Waals surface area (Å²) in [6.07, 6.45) is 1.88. The maximum Gasteiger partial charge on any atom is 0.222 e. The van der Waals surface area contributed by atoms with Crippen molar-refractivity contribution in [3.8, 4) is 5.75 Å². The molecule has 86 valence electrons. The van der Waals surface area contributed by atoms with Gasteiger partial charge in [-0.05, 0) is 18.2 Å². The van der Waals surface area contributed by atoms with Crippen molar-refractivity contribution in [3.63, 3.8) is 0 Å². The molecule has 0 atom stereocenters. The van der Waals surface area contributed by atoms with E-state index in [1.165, 1.54) is 12.1 Å². The van der Waals surface area contributed by atoms with Crippen LogP contribution in [0, 0.1) is 5.82 Å². The zero-order valence-electron chi connectivity index (χ0n) is 8.77. The summed E-state index contributed by atoms with van der Waals surface area (Å²) in [4.78, 5) is 0. The van der Waals surface area contributed by atoms with E-state index >= 15 is 0 Å². The number of pyridine rings is 2. The van der Waals surface area contributed by atoms with Crippen LogP contribution in [-0.2, 0) is 0 Å². The van der Waals surface area contributed by atoms with Crippen LogP contribution in [0.25, 0.3) is 16.4 Å². The Morgan fingerprint density at radius 1 is 1.06 bits per heavy atom. The fourth-order valence-corrected chi connectivity index (χ4v) is 1.93. The van der Waals surface area contributed by atoms with Crippen molar-refractivity contribution < 1.29 is 26.3 Å². The number of fused-ring (bicyclic) bond motifs is 3. The van der Waals surface area contributed by atoms with Gasteiger partial charge in [-0.25, -0.2) is 4.39 Å². The fourth-order valence-electron chi connectivity index (χ4n) is 1.93. The molecule has 1 N–H and O–H groups in total. The van der Waals surface area contributed by atoms with E-state index in [9.17, 15) is 9.50 Å². The third-order valence-corrected chi connectivity index (χ3v) is 2.67. The standard InChI is InChI=1S/C13H8FNO.ClH/c14-9-4-5-12-11(7-9)13(16)8-10-3-1-2-6-15(10)12;/h1-8H;1H. The van der Waals surface area contributed by atoms with Gasteiger partial charge in [0, 0.05) is 18.2 Å². The molecule has 0 radical (unpaired) electrons. The summed E-state index contributed by atoms with van der Waals surface area (Å²) >= 11 is 0. The van der Waals surface area contributed by atoms with Crippen LogP contribution in [-0.4, -0.2) is 5.11 Å². The van der Waals surface area contributed by atoms with Crippen molar-refractivity contribution in [2.24, 2.45) is 0 Å². The van der Waals surface area contributed by atoms with Crippen LogP contribution < -0.4 is 16.8 Å². The van der Waals surface area contributed by atoms with Crippen molar-refractivity contribution in [1.82, 2.24) is 0 Å². The molecule has 2 aromatic heterocycles. The molecule has 1 aromatic carbocycles. The minimum atomic E-state index is -0.348. The Bertz CT molecular complexity index is 699. The molecular formula is C13H9ClFNO. The zero-order chi connectivity index (χ0) is 11.1. The Labute approximate surface area is 103 Å². The van der Waals surface area contributed by atoms with Gasteiger partial charge < -0.3 is 17.5 Å². The maximum atomic E-state index is 13.1. The first-order valence-corrected chi connectivity index (χ1v) is 4.97. The summed E-state index contributed by atoms with van der Waals surface area (Å²) in [6, 6.07) is 11.7. The molecule has 3 aromatic rings. The van der Waals surface area contributed by atoms with E-state index in [4.69, 9.17) is 0 Å². The molecule has 17 heavy (non-hydrogen) atoms. The highest BCUT2D eigenvalue weighted by Crippen LogP contribution is 2.23. The highest BCUT2D eigenvalue weighted by atomic mass is 35.5. The molecule has 3 rings (SSSR count). The van der Waals surface area contributed by atoms with Crippen LogP contribution in [0.15, 0.2) is 48.7 Å². The summed E-state index contributed by atoms with van der Waals surface area (Å²) in [7, 11) is 0. The number of rotatable bonds is 0. The fraction of sp³-hybridized carbons (Fsp3) is 0. The first kappa shape index (κ1) is 11.6.